The molecule has 110 valence electrons. The maximum atomic E-state index is 13.5. The summed E-state index contributed by atoms with van der Waals surface area (Å²) in [5, 5.41) is 0. The Hall–Kier alpha value is -1.88. The molecule has 0 saturated carbocycles. The third kappa shape index (κ3) is 4.04. The van der Waals surface area contributed by atoms with E-state index in [1.807, 2.05) is 6.07 Å². The van der Waals surface area contributed by atoms with Gasteiger partial charge < -0.3 is 4.74 Å². The van der Waals surface area contributed by atoms with Crippen molar-refractivity contribution in [1.29, 1.82) is 0 Å². The molecule has 2 aromatic rings. The fourth-order valence-corrected chi connectivity index (χ4v) is 2.80. The number of carbonyl (C=O) groups is 1. The van der Waals surface area contributed by atoms with Gasteiger partial charge in [0, 0.05) is 17.1 Å². The molecule has 0 aliphatic heterocycles. The number of esters is 1. The molecule has 0 aliphatic carbocycles. The molecule has 2 rings (SSSR count). The van der Waals surface area contributed by atoms with Gasteiger partial charge in [-0.3, -0.25) is 0 Å². The predicted molar refractivity (Wildman–Crippen MR) is 79.1 cm³/mol. The first kappa shape index (κ1) is 15.5. The average Bonchev–Trinajstić information content (AvgIpc) is 2.51. The number of hydrogen-bond donors (Lipinski definition) is 0. The van der Waals surface area contributed by atoms with E-state index in [9.17, 15) is 13.6 Å². The van der Waals surface area contributed by atoms with E-state index in [2.05, 4.69) is 4.74 Å². The van der Waals surface area contributed by atoms with Crippen molar-refractivity contribution < 1.29 is 18.3 Å². The van der Waals surface area contributed by atoms with Crippen molar-refractivity contribution >= 4 is 17.7 Å². The number of benzene rings is 2. The number of rotatable bonds is 5. The molecule has 0 atom stereocenters. The summed E-state index contributed by atoms with van der Waals surface area (Å²) in [6.45, 7) is 0. The zero-order valence-electron chi connectivity index (χ0n) is 11.4. The van der Waals surface area contributed by atoms with E-state index in [-0.39, 0.29) is 0 Å². The van der Waals surface area contributed by atoms with Gasteiger partial charge in [-0.25, -0.2) is 13.6 Å². The molecular formula is C16H14F2O2S. The lowest BCUT2D eigenvalue weighted by Gasteiger charge is -2.06. The van der Waals surface area contributed by atoms with Gasteiger partial charge in [-0.2, -0.15) is 11.8 Å². The van der Waals surface area contributed by atoms with Crippen molar-refractivity contribution in [2.75, 3.05) is 7.11 Å². The summed E-state index contributed by atoms with van der Waals surface area (Å²) in [5.74, 6) is -1.06. The Labute approximate surface area is 126 Å². The van der Waals surface area contributed by atoms with Crippen LogP contribution < -0.4 is 0 Å². The summed E-state index contributed by atoms with van der Waals surface area (Å²) < 4.78 is 31.2. The van der Waals surface area contributed by atoms with Crippen LogP contribution in [0.2, 0.25) is 0 Å². The smallest absolute Gasteiger partial charge is 0.337 e. The van der Waals surface area contributed by atoms with Crippen LogP contribution >= 0.6 is 11.8 Å². The molecule has 0 unspecified atom stereocenters. The lowest BCUT2D eigenvalue weighted by atomic mass is 10.1. The maximum Gasteiger partial charge on any atom is 0.337 e. The standard InChI is InChI=1S/C16H14F2O2S/c1-20-16(19)12-5-2-4-11(8-12)9-21-10-13-6-3-7-14(17)15(13)18/h2-8H,9-10H2,1H3. The van der Waals surface area contributed by atoms with E-state index in [0.717, 1.165) is 11.6 Å². The zero-order valence-corrected chi connectivity index (χ0v) is 12.3. The SMILES string of the molecule is COC(=O)c1cccc(CSCc2cccc(F)c2F)c1. The van der Waals surface area contributed by atoms with Crippen LogP contribution in [-0.4, -0.2) is 13.1 Å². The van der Waals surface area contributed by atoms with Crippen molar-refractivity contribution in [3.8, 4) is 0 Å². The highest BCUT2D eigenvalue weighted by Gasteiger charge is 2.08. The summed E-state index contributed by atoms with van der Waals surface area (Å²) in [6, 6.07) is 11.2. The second-order valence-electron chi connectivity index (χ2n) is 4.40. The number of methoxy groups -OCH3 is 1. The molecule has 0 N–H and O–H groups in total. The number of hydrogen-bond acceptors (Lipinski definition) is 3. The van der Waals surface area contributed by atoms with E-state index >= 15 is 0 Å². The largest absolute Gasteiger partial charge is 0.465 e. The molecule has 0 aliphatic rings. The Kier molecular flexibility index (Phi) is 5.33. The van der Waals surface area contributed by atoms with Gasteiger partial charge in [-0.05, 0) is 23.8 Å². The van der Waals surface area contributed by atoms with Crippen LogP contribution in [0, 0.1) is 11.6 Å². The third-order valence-electron chi connectivity index (χ3n) is 2.91. The molecule has 0 spiro atoms. The lowest BCUT2D eigenvalue weighted by Crippen LogP contribution is -2.01. The first-order valence-corrected chi connectivity index (χ1v) is 7.45. The molecule has 0 fully saturated rings. The fourth-order valence-electron chi connectivity index (χ4n) is 1.84. The minimum atomic E-state index is -0.833. The van der Waals surface area contributed by atoms with Gasteiger partial charge in [0.15, 0.2) is 11.6 Å². The molecule has 0 saturated heterocycles. The minimum Gasteiger partial charge on any atom is -0.465 e. The minimum absolute atomic E-state index is 0.337. The third-order valence-corrected chi connectivity index (χ3v) is 3.96. The van der Waals surface area contributed by atoms with Gasteiger partial charge in [0.2, 0.25) is 0 Å². The number of thioether (sulfide) groups is 1. The highest BCUT2D eigenvalue weighted by Crippen LogP contribution is 2.21. The highest BCUT2D eigenvalue weighted by atomic mass is 32.2. The van der Waals surface area contributed by atoms with Gasteiger partial charge in [0.05, 0.1) is 12.7 Å². The van der Waals surface area contributed by atoms with Crippen molar-refractivity contribution in [2.45, 2.75) is 11.5 Å². The van der Waals surface area contributed by atoms with Gasteiger partial charge >= 0.3 is 5.97 Å². The molecule has 2 aromatic carbocycles. The second kappa shape index (κ2) is 7.22. The Bertz CT molecular complexity index is 644. The number of ether oxygens (including phenoxy) is 1. The van der Waals surface area contributed by atoms with Crippen LogP contribution in [0.15, 0.2) is 42.5 Å². The molecule has 0 bridgehead atoms. The van der Waals surface area contributed by atoms with E-state index in [4.69, 9.17) is 0 Å². The van der Waals surface area contributed by atoms with Gasteiger partial charge in [0.1, 0.15) is 0 Å². The van der Waals surface area contributed by atoms with Crippen LogP contribution in [0.4, 0.5) is 8.78 Å². The Morgan fingerprint density at radius 1 is 1.14 bits per heavy atom. The number of carbonyl (C=O) groups excluding carboxylic acids is 1. The molecule has 0 radical (unpaired) electrons. The molecule has 5 heteroatoms. The summed E-state index contributed by atoms with van der Waals surface area (Å²) in [7, 11) is 1.33. The van der Waals surface area contributed by atoms with Crippen molar-refractivity contribution in [1.82, 2.24) is 0 Å². The zero-order chi connectivity index (χ0) is 15.2. The topological polar surface area (TPSA) is 26.3 Å². The molecule has 0 amide bonds. The van der Waals surface area contributed by atoms with Gasteiger partial charge in [-0.1, -0.05) is 24.3 Å². The quantitative estimate of drug-likeness (QED) is 0.775. The van der Waals surface area contributed by atoms with E-state index < -0.39 is 17.6 Å². The average molecular weight is 308 g/mol. The van der Waals surface area contributed by atoms with E-state index in [0.29, 0.717) is 22.6 Å². The first-order chi connectivity index (χ1) is 10.1. The summed E-state index contributed by atoms with van der Waals surface area (Å²) >= 11 is 1.45. The van der Waals surface area contributed by atoms with Gasteiger partial charge in [-0.15, -0.1) is 0 Å². The maximum absolute atomic E-state index is 13.5. The molecule has 0 aromatic heterocycles. The fraction of sp³-hybridized carbons (Fsp3) is 0.188. The molecule has 21 heavy (non-hydrogen) atoms. The normalized spacial score (nSPS) is 10.4. The van der Waals surface area contributed by atoms with Crippen LogP contribution in [0.3, 0.4) is 0 Å². The summed E-state index contributed by atoms with van der Waals surface area (Å²) in [6.07, 6.45) is 0. The summed E-state index contributed by atoms with van der Waals surface area (Å²) in [5.41, 5.74) is 1.75. The highest BCUT2D eigenvalue weighted by molar-refractivity contribution is 7.97. The predicted octanol–water partition coefficient (Wildman–Crippen LogP) is 4.18. The van der Waals surface area contributed by atoms with Crippen LogP contribution in [0.25, 0.3) is 0 Å². The Morgan fingerprint density at radius 3 is 2.67 bits per heavy atom. The molecule has 2 nitrogen and oxygen atoms in total. The number of halogens is 2. The van der Waals surface area contributed by atoms with Crippen LogP contribution in [-0.2, 0) is 16.2 Å². The van der Waals surface area contributed by atoms with Crippen molar-refractivity contribution in [3.63, 3.8) is 0 Å². The molecule has 0 heterocycles. The monoisotopic (exact) mass is 308 g/mol. The Balaban J connectivity index is 1.97. The Morgan fingerprint density at radius 2 is 1.90 bits per heavy atom. The second-order valence-corrected chi connectivity index (χ2v) is 5.38. The first-order valence-electron chi connectivity index (χ1n) is 6.29. The molecular weight excluding hydrogens is 294 g/mol. The van der Waals surface area contributed by atoms with Crippen LogP contribution in [0.5, 0.6) is 0 Å². The lowest BCUT2D eigenvalue weighted by molar-refractivity contribution is 0.0600. The van der Waals surface area contributed by atoms with Crippen molar-refractivity contribution in [3.05, 3.63) is 70.8 Å². The van der Waals surface area contributed by atoms with E-state index in [1.165, 1.54) is 24.9 Å². The van der Waals surface area contributed by atoms with Crippen LogP contribution in [0.1, 0.15) is 21.5 Å². The van der Waals surface area contributed by atoms with Crippen molar-refractivity contribution in [2.24, 2.45) is 0 Å². The van der Waals surface area contributed by atoms with E-state index in [1.54, 1.807) is 24.3 Å². The van der Waals surface area contributed by atoms with Gasteiger partial charge in [0.25, 0.3) is 0 Å². The summed E-state index contributed by atoms with van der Waals surface area (Å²) in [4.78, 5) is 11.4.